The molecule has 0 aliphatic heterocycles. The molecule has 7 nitrogen and oxygen atoms in total. The van der Waals surface area contributed by atoms with Gasteiger partial charge in [0.25, 0.3) is 5.91 Å². The number of benzene rings is 2. The van der Waals surface area contributed by atoms with Crippen LogP contribution >= 0.6 is 27.7 Å². The number of aromatic nitrogens is 2. The largest absolute Gasteiger partial charge is 0.494 e. The predicted octanol–water partition coefficient (Wildman–Crippen LogP) is 5.12. The van der Waals surface area contributed by atoms with Gasteiger partial charge in [-0.05, 0) is 59.1 Å². The molecule has 34 heavy (non-hydrogen) atoms. The van der Waals surface area contributed by atoms with E-state index in [2.05, 4.69) is 43.5 Å². The summed E-state index contributed by atoms with van der Waals surface area (Å²) in [7, 11) is 0. The molecule has 0 aliphatic rings. The van der Waals surface area contributed by atoms with Crippen molar-refractivity contribution in [2.75, 3.05) is 17.7 Å². The molecular formula is C25H27BrN4O3S. The number of nitrogens with zero attached hydrogens (tertiary/aromatic N) is 2. The van der Waals surface area contributed by atoms with E-state index in [9.17, 15) is 9.59 Å². The summed E-state index contributed by atoms with van der Waals surface area (Å²) < 4.78 is 5.92. The van der Waals surface area contributed by atoms with Crippen LogP contribution in [0.15, 0.2) is 70.4 Å². The van der Waals surface area contributed by atoms with E-state index in [-0.39, 0.29) is 11.6 Å². The summed E-state index contributed by atoms with van der Waals surface area (Å²) in [4.78, 5) is 35.0. The van der Waals surface area contributed by atoms with E-state index in [4.69, 9.17) is 4.74 Å². The number of thioether (sulfide) groups is 1. The average Bonchev–Trinajstić information content (AvgIpc) is 2.85. The Hall–Kier alpha value is -2.91. The number of hydrogen-bond donors (Lipinski definition) is 2. The molecule has 3 rings (SSSR count). The lowest BCUT2D eigenvalue weighted by Gasteiger charge is -2.19. The first-order valence-electron chi connectivity index (χ1n) is 11.0. The van der Waals surface area contributed by atoms with Crippen molar-refractivity contribution in [3.8, 4) is 5.75 Å². The van der Waals surface area contributed by atoms with Crippen molar-refractivity contribution < 1.29 is 14.3 Å². The second-order valence-electron chi connectivity index (χ2n) is 7.36. The van der Waals surface area contributed by atoms with Gasteiger partial charge in [0.1, 0.15) is 17.5 Å². The molecule has 0 saturated carbocycles. The summed E-state index contributed by atoms with van der Waals surface area (Å²) >= 11 is 4.84. The zero-order chi connectivity index (χ0) is 24.3. The Morgan fingerprint density at radius 1 is 1.09 bits per heavy atom. The monoisotopic (exact) mass is 542 g/mol. The third kappa shape index (κ3) is 7.56. The van der Waals surface area contributed by atoms with E-state index in [1.54, 1.807) is 30.5 Å². The molecule has 0 radical (unpaired) electrons. The van der Waals surface area contributed by atoms with E-state index < -0.39 is 11.9 Å². The fourth-order valence-corrected chi connectivity index (χ4v) is 4.13. The number of carbonyl (C=O) groups excluding carboxylic acids is 2. The summed E-state index contributed by atoms with van der Waals surface area (Å²) in [6, 6.07) is 15.8. The topological polar surface area (TPSA) is 93.2 Å². The van der Waals surface area contributed by atoms with Gasteiger partial charge in [-0.15, -0.1) is 0 Å². The predicted molar refractivity (Wildman–Crippen MR) is 138 cm³/mol. The maximum atomic E-state index is 13.2. The van der Waals surface area contributed by atoms with Crippen molar-refractivity contribution in [3.05, 3.63) is 76.5 Å². The van der Waals surface area contributed by atoms with Crippen LogP contribution in [0.25, 0.3) is 0 Å². The van der Waals surface area contributed by atoms with Crippen LogP contribution in [0.1, 0.15) is 36.3 Å². The van der Waals surface area contributed by atoms with Crippen molar-refractivity contribution in [2.24, 2.45) is 0 Å². The molecule has 3 aromatic rings. The van der Waals surface area contributed by atoms with Crippen LogP contribution < -0.4 is 15.4 Å². The summed E-state index contributed by atoms with van der Waals surface area (Å²) in [6.07, 6.45) is 2.86. The standard InChI is InChI=1S/C25H27BrN4O3S/c1-3-14-34-25-27-16-20(26)22(30-25)24(32)29-21(15-17-8-6-5-7-9-17)23(31)28-18-10-12-19(13-11-18)33-4-2/h5-13,16,21H,3-4,14-15H2,1-2H3,(H,28,31)(H,29,32)/t21-/m0/s1. The van der Waals surface area contributed by atoms with Gasteiger partial charge in [-0.1, -0.05) is 49.0 Å². The minimum Gasteiger partial charge on any atom is -0.494 e. The van der Waals surface area contributed by atoms with Crippen molar-refractivity contribution in [3.63, 3.8) is 0 Å². The zero-order valence-electron chi connectivity index (χ0n) is 19.1. The van der Waals surface area contributed by atoms with Crippen LogP contribution in [0.3, 0.4) is 0 Å². The summed E-state index contributed by atoms with van der Waals surface area (Å²) in [5.41, 5.74) is 1.73. The fourth-order valence-electron chi connectivity index (χ4n) is 3.09. The van der Waals surface area contributed by atoms with Crippen molar-refractivity contribution in [1.29, 1.82) is 0 Å². The zero-order valence-corrected chi connectivity index (χ0v) is 21.5. The first-order chi connectivity index (χ1) is 16.5. The fraction of sp³-hybridized carbons (Fsp3) is 0.280. The number of ether oxygens (including phenoxy) is 1. The maximum absolute atomic E-state index is 13.2. The van der Waals surface area contributed by atoms with E-state index in [1.807, 2.05) is 37.3 Å². The van der Waals surface area contributed by atoms with Crippen LogP contribution in [-0.2, 0) is 11.2 Å². The molecule has 1 atom stereocenters. The highest BCUT2D eigenvalue weighted by molar-refractivity contribution is 9.10. The first kappa shape index (κ1) is 25.7. The Kier molecular flexibility index (Phi) is 9.90. The van der Waals surface area contributed by atoms with Gasteiger partial charge < -0.3 is 15.4 Å². The second kappa shape index (κ2) is 13.1. The lowest BCUT2D eigenvalue weighted by Crippen LogP contribution is -2.45. The number of hydrogen-bond acceptors (Lipinski definition) is 6. The number of halogens is 1. The minimum atomic E-state index is -0.810. The van der Waals surface area contributed by atoms with Crippen LogP contribution in [0.2, 0.25) is 0 Å². The molecule has 0 saturated heterocycles. The van der Waals surface area contributed by atoms with E-state index in [1.165, 1.54) is 11.8 Å². The Bertz CT molecular complexity index is 1100. The SMILES string of the molecule is CCCSc1ncc(Br)c(C(=O)N[C@@H](Cc2ccccc2)C(=O)Nc2ccc(OCC)cc2)n1. The Morgan fingerprint density at radius 2 is 1.82 bits per heavy atom. The highest BCUT2D eigenvalue weighted by atomic mass is 79.9. The minimum absolute atomic E-state index is 0.195. The summed E-state index contributed by atoms with van der Waals surface area (Å²) in [6.45, 7) is 4.54. The van der Waals surface area contributed by atoms with Crippen LogP contribution in [0.4, 0.5) is 5.69 Å². The molecule has 2 aromatic carbocycles. The van der Waals surface area contributed by atoms with Crippen LogP contribution in [0, 0.1) is 0 Å². The highest BCUT2D eigenvalue weighted by Crippen LogP contribution is 2.20. The molecule has 0 fully saturated rings. The van der Waals surface area contributed by atoms with Gasteiger partial charge in [-0.2, -0.15) is 0 Å². The summed E-state index contributed by atoms with van der Waals surface area (Å²) in [5.74, 6) is 0.798. The smallest absolute Gasteiger partial charge is 0.271 e. The van der Waals surface area contributed by atoms with Gasteiger partial charge in [0.05, 0.1) is 11.1 Å². The third-order valence-electron chi connectivity index (χ3n) is 4.71. The maximum Gasteiger partial charge on any atom is 0.271 e. The quantitative estimate of drug-likeness (QED) is 0.258. The first-order valence-corrected chi connectivity index (χ1v) is 12.8. The summed E-state index contributed by atoms with van der Waals surface area (Å²) in [5, 5.41) is 6.26. The average molecular weight is 543 g/mol. The Morgan fingerprint density at radius 3 is 2.50 bits per heavy atom. The van der Waals surface area contributed by atoms with Gasteiger partial charge in [0, 0.05) is 24.1 Å². The number of rotatable bonds is 11. The number of carbonyl (C=O) groups is 2. The van der Waals surface area contributed by atoms with Crippen LogP contribution in [-0.4, -0.2) is 40.2 Å². The normalized spacial score (nSPS) is 11.5. The number of nitrogens with one attached hydrogen (secondary N) is 2. The van der Waals surface area contributed by atoms with Gasteiger partial charge in [0.15, 0.2) is 5.16 Å². The van der Waals surface area contributed by atoms with Crippen LogP contribution in [0.5, 0.6) is 5.75 Å². The molecule has 178 valence electrons. The van der Waals surface area contributed by atoms with Gasteiger partial charge in [0.2, 0.25) is 5.91 Å². The van der Waals surface area contributed by atoms with E-state index in [0.717, 1.165) is 23.5 Å². The molecule has 0 unspecified atom stereocenters. The molecule has 0 bridgehead atoms. The Balaban J connectivity index is 1.78. The highest BCUT2D eigenvalue weighted by Gasteiger charge is 2.24. The molecule has 0 spiro atoms. The second-order valence-corrected chi connectivity index (χ2v) is 9.28. The molecule has 1 heterocycles. The lowest BCUT2D eigenvalue weighted by atomic mass is 10.0. The number of amides is 2. The van der Waals surface area contributed by atoms with Crippen molar-refractivity contribution >= 4 is 45.2 Å². The van der Waals surface area contributed by atoms with Gasteiger partial charge in [-0.3, -0.25) is 9.59 Å². The third-order valence-corrected chi connectivity index (χ3v) is 6.36. The van der Waals surface area contributed by atoms with Gasteiger partial charge in [-0.25, -0.2) is 9.97 Å². The Labute approximate surface area is 212 Å². The molecular weight excluding hydrogens is 516 g/mol. The lowest BCUT2D eigenvalue weighted by molar-refractivity contribution is -0.118. The molecule has 0 aliphatic carbocycles. The number of anilines is 1. The van der Waals surface area contributed by atoms with Gasteiger partial charge >= 0.3 is 0 Å². The molecule has 2 N–H and O–H groups in total. The van der Waals surface area contributed by atoms with Crippen molar-refractivity contribution in [1.82, 2.24) is 15.3 Å². The molecule has 9 heteroatoms. The van der Waals surface area contributed by atoms with Crippen molar-refractivity contribution in [2.45, 2.75) is 37.9 Å². The van der Waals surface area contributed by atoms with E-state index in [0.29, 0.717) is 28.3 Å². The molecule has 1 aromatic heterocycles. The van der Waals surface area contributed by atoms with E-state index >= 15 is 0 Å². The molecule has 2 amide bonds.